The van der Waals surface area contributed by atoms with Crippen molar-refractivity contribution in [2.24, 2.45) is 5.41 Å². The Hall–Kier alpha value is -1.12. The van der Waals surface area contributed by atoms with Crippen molar-refractivity contribution in [3.8, 4) is 0 Å². The molecule has 1 unspecified atom stereocenters. The highest BCUT2D eigenvalue weighted by atomic mass is 31.2. The maximum atomic E-state index is 12.1. The molecule has 23 heavy (non-hydrogen) atoms. The fourth-order valence-corrected chi connectivity index (χ4v) is 4.85. The largest absolute Gasteiger partial charge is 0.481 e. The van der Waals surface area contributed by atoms with E-state index in [1.165, 1.54) is 5.56 Å². The van der Waals surface area contributed by atoms with Gasteiger partial charge in [0.25, 0.3) is 0 Å². The Morgan fingerprint density at radius 2 is 1.65 bits per heavy atom. The summed E-state index contributed by atoms with van der Waals surface area (Å²) >= 11 is 0. The molecule has 0 aliphatic heterocycles. The van der Waals surface area contributed by atoms with Crippen LogP contribution >= 0.6 is 7.37 Å². The topological polar surface area (TPSA) is 74.6 Å². The van der Waals surface area contributed by atoms with Crippen LogP contribution in [-0.4, -0.2) is 28.3 Å². The van der Waals surface area contributed by atoms with E-state index in [0.717, 1.165) is 6.42 Å². The number of carboxylic acid groups (broad SMARTS) is 1. The van der Waals surface area contributed by atoms with Gasteiger partial charge in [-0.3, -0.25) is 9.36 Å². The van der Waals surface area contributed by atoms with Crippen LogP contribution in [-0.2, 0) is 14.8 Å². The summed E-state index contributed by atoms with van der Waals surface area (Å²) in [6.45, 7) is 8.59. The standard InChI is InChI=1S/C18H29O4P/c1-17(2,11-13-23(21,22)12-10-16(19)20)14-18(3,4)15-8-6-5-7-9-15/h5-9H,10-14H2,1-4H3,(H,19,20)(H,21,22). The minimum absolute atomic E-state index is 0.0226. The molecule has 0 amide bonds. The molecule has 0 fully saturated rings. The zero-order valence-electron chi connectivity index (χ0n) is 14.6. The number of benzene rings is 1. The Bertz CT molecular complexity index is 564. The molecule has 2 N–H and O–H groups in total. The SMILES string of the molecule is CC(C)(CCP(=O)(O)CCC(=O)O)CC(C)(C)c1ccccc1. The highest BCUT2D eigenvalue weighted by Crippen LogP contribution is 2.46. The van der Waals surface area contributed by atoms with Gasteiger partial charge in [0, 0.05) is 12.3 Å². The number of hydrogen-bond acceptors (Lipinski definition) is 2. The molecule has 0 saturated heterocycles. The molecule has 1 aromatic rings. The number of hydrogen-bond donors (Lipinski definition) is 2. The Morgan fingerprint density at radius 3 is 2.17 bits per heavy atom. The highest BCUT2D eigenvalue weighted by Gasteiger charge is 2.32. The molecule has 4 nitrogen and oxygen atoms in total. The summed E-state index contributed by atoms with van der Waals surface area (Å²) in [4.78, 5) is 20.5. The van der Waals surface area contributed by atoms with E-state index in [4.69, 9.17) is 5.11 Å². The van der Waals surface area contributed by atoms with Gasteiger partial charge in [-0.2, -0.15) is 0 Å². The van der Waals surface area contributed by atoms with E-state index < -0.39 is 13.3 Å². The van der Waals surface area contributed by atoms with Crippen LogP contribution in [0.4, 0.5) is 0 Å². The third-order valence-corrected chi connectivity index (χ3v) is 6.13. The normalized spacial score (nSPS) is 15.2. The first-order valence-electron chi connectivity index (χ1n) is 8.02. The summed E-state index contributed by atoms with van der Waals surface area (Å²) in [5.41, 5.74) is 1.14. The van der Waals surface area contributed by atoms with E-state index in [9.17, 15) is 14.3 Å². The Balaban J connectivity index is 2.65. The number of carbonyl (C=O) groups is 1. The lowest BCUT2D eigenvalue weighted by atomic mass is 9.70. The predicted molar refractivity (Wildman–Crippen MR) is 94.3 cm³/mol. The van der Waals surface area contributed by atoms with Crippen LogP contribution in [0.5, 0.6) is 0 Å². The van der Waals surface area contributed by atoms with Crippen LogP contribution < -0.4 is 0 Å². The van der Waals surface area contributed by atoms with Crippen molar-refractivity contribution < 1.29 is 19.4 Å². The minimum Gasteiger partial charge on any atom is -0.481 e. The zero-order chi connectivity index (χ0) is 17.7. The van der Waals surface area contributed by atoms with E-state index >= 15 is 0 Å². The van der Waals surface area contributed by atoms with Crippen molar-refractivity contribution in [1.82, 2.24) is 0 Å². The summed E-state index contributed by atoms with van der Waals surface area (Å²) in [5.74, 6) is -1.02. The van der Waals surface area contributed by atoms with Crippen molar-refractivity contribution in [2.45, 2.75) is 52.4 Å². The summed E-state index contributed by atoms with van der Waals surface area (Å²) in [5, 5.41) is 8.65. The molecule has 130 valence electrons. The Labute approximate surface area is 139 Å². The van der Waals surface area contributed by atoms with Crippen molar-refractivity contribution in [3.05, 3.63) is 35.9 Å². The minimum atomic E-state index is -3.36. The van der Waals surface area contributed by atoms with Crippen LogP contribution in [0.1, 0.15) is 52.5 Å². The molecule has 0 radical (unpaired) electrons. The second-order valence-electron chi connectivity index (χ2n) is 7.78. The molecule has 0 heterocycles. The molecule has 0 aliphatic carbocycles. The van der Waals surface area contributed by atoms with Gasteiger partial charge in [-0.05, 0) is 29.2 Å². The number of aliphatic carboxylic acids is 1. The summed E-state index contributed by atoms with van der Waals surface area (Å²) < 4.78 is 12.1. The summed E-state index contributed by atoms with van der Waals surface area (Å²) in [6.07, 6.45) is 1.29. The van der Waals surface area contributed by atoms with Gasteiger partial charge in [0.05, 0.1) is 6.42 Å². The van der Waals surface area contributed by atoms with E-state index in [-0.39, 0.29) is 29.6 Å². The maximum absolute atomic E-state index is 12.1. The average Bonchev–Trinajstić information content (AvgIpc) is 2.44. The van der Waals surface area contributed by atoms with Gasteiger partial charge in [-0.1, -0.05) is 58.0 Å². The van der Waals surface area contributed by atoms with E-state index in [2.05, 4.69) is 39.8 Å². The number of rotatable bonds is 9. The summed E-state index contributed by atoms with van der Waals surface area (Å²) in [7, 11) is -3.36. The summed E-state index contributed by atoms with van der Waals surface area (Å²) in [6, 6.07) is 10.3. The first-order chi connectivity index (χ1) is 10.4. The first kappa shape index (κ1) is 19.9. The van der Waals surface area contributed by atoms with Crippen LogP contribution in [0, 0.1) is 5.41 Å². The quantitative estimate of drug-likeness (QED) is 0.648. The molecule has 0 aliphatic rings. The van der Waals surface area contributed by atoms with Gasteiger partial charge in [-0.15, -0.1) is 0 Å². The van der Waals surface area contributed by atoms with Crippen molar-refractivity contribution in [1.29, 1.82) is 0 Å². The second kappa shape index (κ2) is 7.63. The van der Waals surface area contributed by atoms with Crippen molar-refractivity contribution in [2.75, 3.05) is 12.3 Å². The molecule has 0 saturated carbocycles. The lowest BCUT2D eigenvalue weighted by Crippen LogP contribution is -2.27. The zero-order valence-corrected chi connectivity index (χ0v) is 15.5. The van der Waals surface area contributed by atoms with Gasteiger partial charge in [0.2, 0.25) is 7.37 Å². The van der Waals surface area contributed by atoms with Gasteiger partial charge in [0.15, 0.2) is 0 Å². The second-order valence-corrected chi connectivity index (χ2v) is 10.4. The van der Waals surface area contributed by atoms with Crippen LogP contribution in [0.15, 0.2) is 30.3 Å². The van der Waals surface area contributed by atoms with E-state index in [0.29, 0.717) is 6.42 Å². The molecule has 1 atom stereocenters. The van der Waals surface area contributed by atoms with E-state index in [1.807, 2.05) is 18.2 Å². The van der Waals surface area contributed by atoms with Gasteiger partial charge >= 0.3 is 5.97 Å². The molecule has 0 spiro atoms. The molecular formula is C18H29O4P. The Kier molecular flexibility index (Phi) is 6.61. The molecule has 1 rings (SSSR count). The molecule has 0 bridgehead atoms. The Morgan fingerprint density at radius 1 is 1.09 bits per heavy atom. The highest BCUT2D eigenvalue weighted by molar-refractivity contribution is 7.58. The third-order valence-electron chi connectivity index (χ3n) is 4.29. The van der Waals surface area contributed by atoms with Gasteiger partial charge < -0.3 is 10.00 Å². The van der Waals surface area contributed by atoms with Gasteiger partial charge in [0.1, 0.15) is 0 Å². The molecule has 0 aromatic heterocycles. The molecule has 1 aromatic carbocycles. The molecule has 5 heteroatoms. The van der Waals surface area contributed by atoms with Gasteiger partial charge in [-0.25, -0.2) is 0 Å². The fourth-order valence-electron chi connectivity index (χ4n) is 3.14. The number of carboxylic acids is 1. The first-order valence-corrected chi connectivity index (χ1v) is 10.0. The average molecular weight is 340 g/mol. The predicted octanol–water partition coefficient (Wildman–Crippen LogP) is 4.52. The smallest absolute Gasteiger partial charge is 0.303 e. The molecular weight excluding hydrogens is 311 g/mol. The maximum Gasteiger partial charge on any atom is 0.303 e. The lowest BCUT2D eigenvalue weighted by molar-refractivity contribution is -0.136. The third kappa shape index (κ3) is 7.32. The van der Waals surface area contributed by atoms with Crippen LogP contribution in [0.2, 0.25) is 0 Å². The van der Waals surface area contributed by atoms with Crippen molar-refractivity contribution in [3.63, 3.8) is 0 Å². The van der Waals surface area contributed by atoms with Crippen LogP contribution in [0.3, 0.4) is 0 Å². The van der Waals surface area contributed by atoms with Crippen molar-refractivity contribution >= 4 is 13.3 Å². The van der Waals surface area contributed by atoms with E-state index in [1.54, 1.807) is 0 Å². The fraction of sp³-hybridized carbons (Fsp3) is 0.611. The lowest BCUT2D eigenvalue weighted by Gasteiger charge is -2.36. The monoisotopic (exact) mass is 340 g/mol. The van der Waals surface area contributed by atoms with Crippen LogP contribution in [0.25, 0.3) is 0 Å².